The van der Waals surface area contributed by atoms with E-state index in [4.69, 9.17) is 0 Å². The highest BCUT2D eigenvalue weighted by Crippen LogP contribution is 2.14. The molecule has 0 saturated heterocycles. The molecule has 1 nitrogen and oxygen atoms in total. The van der Waals surface area contributed by atoms with Crippen molar-refractivity contribution >= 4 is 5.78 Å². The molecule has 0 aromatic rings. The maximum absolute atomic E-state index is 10.8. The second-order valence-electron chi connectivity index (χ2n) is 3.26. The molecule has 2 atom stereocenters. The summed E-state index contributed by atoms with van der Waals surface area (Å²) in [6, 6.07) is 0. The lowest BCUT2D eigenvalue weighted by Crippen LogP contribution is -2.10. The van der Waals surface area contributed by atoms with Gasteiger partial charge in [0.05, 0.1) is 0 Å². The van der Waals surface area contributed by atoms with Crippen molar-refractivity contribution in [3.63, 3.8) is 0 Å². The summed E-state index contributed by atoms with van der Waals surface area (Å²) >= 11 is 0. The van der Waals surface area contributed by atoms with Gasteiger partial charge in [0.1, 0.15) is 5.78 Å². The van der Waals surface area contributed by atoms with E-state index in [-0.39, 0.29) is 20.8 Å². The molecule has 0 aliphatic carbocycles. The van der Waals surface area contributed by atoms with Crippen molar-refractivity contribution in [3.8, 4) is 0 Å². The topological polar surface area (TPSA) is 17.1 Å². The van der Waals surface area contributed by atoms with Crippen molar-refractivity contribution in [3.05, 3.63) is 0 Å². The molecular weight excluding hydrogens is 148 g/mol. The van der Waals surface area contributed by atoms with E-state index in [1.807, 2.05) is 6.92 Å². The Morgan fingerprint density at radius 3 is 1.92 bits per heavy atom. The zero-order valence-corrected chi connectivity index (χ0v) is 7.48. The molecule has 1 heteroatoms. The van der Waals surface area contributed by atoms with E-state index in [2.05, 4.69) is 13.8 Å². The standard InChI is InChI=1S/C9H18O.2CH4/c1-5-7(2)6-8(3)9(4)10;;/h7-8H,5-6H2,1-4H3;2*1H4. The highest BCUT2D eigenvalue weighted by Gasteiger charge is 2.10. The van der Waals surface area contributed by atoms with Gasteiger partial charge in [-0.15, -0.1) is 0 Å². The van der Waals surface area contributed by atoms with Crippen LogP contribution in [0.25, 0.3) is 0 Å². The molecule has 2 unspecified atom stereocenters. The van der Waals surface area contributed by atoms with Gasteiger partial charge in [-0.05, 0) is 19.3 Å². The van der Waals surface area contributed by atoms with E-state index in [0.29, 0.717) is 11.7 Å². The monoisotopic (exact) mass is 174 g/mol. The van der Waals surface area contributed by atoms with Crippen LogP contribution in [0.3, 0.4) is 0 Å². The van der Waals surface area contributed by atoms with Crippen LogP contribution in [0.15, 0.2) is 0 Å². The maximum atomic E-state index is 10.8. The Balaban J connectivity index is -0.000000405. The molecule has 0 bridgehead atoms. The SMILES string of the molecule is C.C.CCC(C)CC(C)C(C)=O. The average molecular weight is 174 g/mol. The first-order valence-corrected chi connectivity index (χ1v) is 4.08. The summed E-state index contributed by atoms with van der Waals surface area (Å²) in [5.74, 6) is 1.27. The van der Waals surface area contributed by atoms with E-state index in [0.717, 1.165) is 6.42 Å². The minimum Gasteiger partial charge on any atom is -0.300 e. The molecule has 76 valence electrons. The van der Waals surface area contributed by atoms with Crippen LogP contribution in [0, 0.1) is 11.8 Å². The van der Waals surface area contributed by atoms with Crippen LogP contribution < -0.4 is 0 Å². The minimum absolute atomic E-state index is 0. The number of hydrogen-bond donors (Lipinski definition) is 0. The van der Waals surface area contributed by atoms with Gasteiger partial charge < -0.3 is 0 Å². The summed E-state index contributed by atoms with van der Waals surface area (Å²) in [4.78, 5) is 10.8. The van der Waals surface area contributed by atoms with Crippen LogP contribution in [0.5, 0.6) is 0 Å². The quantitative estimate of drug-likeness (QED) is 0.631. The first kappa shape index (κ1) is 17.7. The number of rotatable bonds is 4. The van der Waals surface area contributed by atoms with Gasteiger partial charge in [-0.3, -0.25) is 4.79 Å². The Hall–Kier alpha value is -0.330. The number of carbonyl (C=O) groups is 1. The highest BCUT2D eigenvalue weighted by atomic mass is 16.1. The Morgan fingerprint density at radius 2 is 1.67 bits per heavy atom. The predicted molar refractivity (Wildman–Crippen MR) is 57.4 cm³/mol. The molecule has 0 spiro atoms. The maximum Gasteiger partial charge on any atom is 0.132 e. The molecule has 0 aliphatic rings. The third-order valence-corrected chi connectivity index (χ3v) is 2.15. The van der Waals surface area contributed by atoms with Gasteiger partial charge >= 0.3 is 0 Å². The van der Waals surface area contributed by atoms with Gasteiger partial charge in [0, 0.05) is 5.92 Å². The third-order valence-electron chi connectivity index (χ3n) is 2.15. The molecule has 0 aromatic carbocycles. The normalized spacial score (nSPS) is 13.7. The largest absolute Gasteiger partial charge is 0.300 e. The lowest BCUT2D eigenvalue weighted by molar-refractivity contribution is -0.120. The second-order valence-corrected chi connectivity index (χ2v) is 3.26. The molecule has 0 heterocycles. The molecule has 0 fully saturated rings. The molecule has 12 heavy (non-hydrogen) atoms. The van der Waals surface area contributed by atoms with Gasteiger partial charge in [0.25, 0.3) is 0 Å². The van der Waals surface area contributed by atoms with Crippen LogP contribution in [0.4, 0.5) is 0 Å². The van der Waals surface area contributed by atoms with Gasteiger partial charge in [-0.25, -0.2) is 0 Å². The molecule has 0 saturated carbocycles. The summed E-state index contributed by atoms with van der Waals surface area (Å²) in [6.07, 6.45) is 2.23. The van der Waals surface area contributed by atoms with E-state index >= 15 is 0 Å². The lowest BCUT2D eigenvalue weighted by atomic mass is 9.93. The summed E-state index contributed by atoms with van der Waals surface area (Å²) in [5, 5.41) is 0. The van der Waals surface area contributed by atoms with Crippen LogP contribution in [-0.2, 0) is 4.79 Å². The van der Waals surface area contributed by atoms with Crippen molar-refractivity contribution in [2.75, 3.05) is 0 Å². The smallest absolute Gasteiger partial charge is 0.132 e. The number of Topliss-reactive ketones (excluding diaryl/α,β-unsaturated/α-hetero) is 1. The van der Waals surface area contributed by atoms with E-state index in [1.54, 1.807) is 6.92 Å². The molecular formula is C11H26O. The zero-order valence-electron chi connectivity index (χ0n) is 7.48. The van der Waals surface area contributed by atoms with Crippen LogP contribution in [0.2, 0.25) is 0 Å². The Kier molecular flexibility index (Phi) is 12.9. The van der Waals surface area contributed by atoms with Crippen molar-refractivity contribution in [2.45, 2.75) is 55.4 Å². The number of ketones is 1. The van der Waals surface area contributed by atoms with Crippen LogP contribution in [-0.4, -0.2) is 5.78 Å². The first-order chi connectivity index (χ1) is 4.57. The fraction of sp³-hybridized carbons (Fsp3) is 0.909. The number of carbonyl (C=O) groups excluding carboxylic acids is 1. The third kappa shape index (κ3) is 7.77. The van der Waals surface area contributed by atoms with Gasteiger partial charge in [-0.2, -0.15) is 0 Å². The van der Waals surface area contributed by atoms with E-state index in [1.165, 1.54) is 6.42 Å². The molecule has 0 aromatic heterocycles. The Morgan fingerprint density at radius 1 is 1.25 bits per heavy atom. The highest BCUT2D eigenvalue weighted by molar-refractivity contribution is 5.77. The average Bonchev–Trinajstić information content (AvgIpc) is 1.87. The van der Waals surface area contributed by atoms with Crippen molar-refractivity contribution in [1.82, 2.24) is 0 Å². The predicted octanol–water partition coefficient (Wildman–Crippen LogP) is 3.92. The number of hydrogen-bond acceptors (Lipinski definition) is 1. The minimum atomic E-state index is 0. The summed E-state index contributed by atoms with van der Waals surface area (Å²) in [5.41, 5.74) is 0. The van der Waals surface area contributed by atoms with Gasteiger partial charge in [0.15, 0.2) is 0 Å². The first-order valence-electron chi connectivity index (χ1n) is 4.08. The zero-order chi connectivity index (χ0) is 8.15. The molecule has 0 N–H and O–H groups in total. The van der Waals surface area contributed by atoms with E-state index < -0.39 is 0 Å². The van der Waals surface area contributed by atoms with Crippen molar-refractivity contribution in [2.24, 2.45) is 11.8 Å². The summed E-state index contributed by atoms with van der Waals surface area (Å²) < 4.78 is 0. The second kappa shape index (κ2) is 8.76. The van der Waals surface area contributed by atoms with E-state index in [9.17, 15) is 4.79 Å². The van der Waals surface area contributed by atoms with Crippen LogP contribution >= 0.6 is 0 Å². The summed E-state index contributed by atoms with van der Waals surface area (Å²) in [7, 11) is 0. The Bertz CT molecular complexity index is 108. The fourth-order valence-electron chi connectivity index (χ4n) is 0.936. The molecule has 0 amide bonds. The van der Waals surface area contributed by atoms with Gasteiger partial charge in [0.2, 0.25) is 0 Å². The Labute approximate surface area is 78.6 Å². The van der Waals surface area contributed by atoms with Crippen LogP contribution in [0.1, 0.15) is 55.4 Å². The lowest BCUT2D eigenvalue weighted by Gasteiger charge is -2.11. The fourth-order valence-corrected chi connectivity index (χ4v) is 0.936. The van der Waals surface area contributed by atoms with Crippen molar-refractivity contribution < 1.29 is 4.79 Å². The molecule has 0 aliphatic heterocycles. The molecule has 0 rings (SSSR count). The summed E-state index contributed by atoms with van der Waals surface area (Å²) in [6.45, 7) is 8.04. The van der Waals surface area contributed by atoms with Crippen molar-refractivity contribution in [1.29, 1.82) is 0 Å². The molecule has 0 radical (unpaired) electrons. The van der Waals surface area contributed by atoms with Gasteiger partial charge in [-0.1, -0.05) is 42.0 Å².